The van der Waals surface area contributed by atoms with E-state index >= 15 is 0 Å². The van der Waals surface area contributed by atoms with Crippen molar-refractivity contribution in [3.63, 3.8) is 0 Å². The van der Waals surface area contributed by atoms with Crippen molar-refractivity contribution in [3.05, 3.63) is 85.1 Å². The van der Waals surface area contributed by atoms with Gasteiger partial charge < -0.3 is 14.6 Å². The first-order chi connectivity index (χ1) is 28.1. The summed E-state index contributed by atoms with van der Waals surface area (Å²) in [4.78, 5) is 24.2. The van der Waals surface area contributed by atoms with Gasteiger partial charge in [0.25, 0.3) is 0 Å². The average Bonchev–Trinajstić information content (AvgIpc) is 3.21. The molecule has 0 fully saturated rings. The molecule has 0 aliphatic rings. The smallest absolute Gasteiger partial charge is 0.310 e. The number of unbranched alkanes of at least 4 members (excludes halogenated alkanes) is 22. The number of esters is 2. The Morgan fingerprint density at radius 1 is 0.404 bits per heavy atom. The van der Waals surface area contributed by atoms with Crippen LogP contribution in [0.15, 0.2) is 85.1 Å². The maximum absolute atomic E-state index is 12.2. The summed E-state index contributed by atoms with van der Waals surface area (Å²) in [7, 11) is 0. The first kappa shape index (κ1) is 54.1. The number of carbonyl (C=O) groups excluding carboxylic acids is 2. The summed E-state index contributed by atoms with van der Waals surface area (Å²) < 4.78 is 10.5. The number of allylic oxidation sites excluding steroid dienone is 12. The zero-order chi connectivity index (χ0) is 41.4. The highest BCUT2D eigenvalue weighted by Crippen LogP contribution is 2.14. The number of hydrogen-bond donors (Lipinski definition) is 1. The van der Waals surface area contributed by atoms with Gasteiger partial charge in [-0.15, -0.1) is 0 Å². The SMILES string of the molecule is CCCCCCCCCCCCC=CCC=CCC=CCC=CCC(=O)OC[C@H](CO)OC(=O)CC=CCC=CCC=CCCCCCCCCCCCCCC. The molecule has 0 spiro atoms. The fraction of sp³-hybridized carbons (Fsp3) is 0.692. The minimum absolute atomic E-state index is 0.111. The van der Waals surface area contributed by atoms with Gasteiger partial charge in [0.15, 0.2) is 6.10 Å². The number of aliphatic hydroxyl groups excluding tert-OH is 1. The molecule has 57 heavy (non-hydrogen) atoms. The largest absolute Gasteiger partial charge is 0.461 e. The van der Waals surface area contributed by atoms with Crippen molar-refractivity contribution in [1.29, 1.82) is 0 Å². The summed E-state index contributed by atoms with van der Waals surface area (Å²) in [6.45, 7) is 3.99. The molecule has 0 bridgehead atoms. The molecule has 0 aromatic carbocycles. The highest BCUT2D eigenvalue weighted by Gasteiger charge is 2.15. The van der Waals surface area contributed by atoms with Crippen LogP contribution in [-0.4, -0.2) is 36.4 Å². The van der Waals surface area contributed by atoms with Gasteiger partial charge in [0, 0.05) is 0 Å². The van der Waals surface area contributed by atoms with Crippen molar-refractivity contribution in [2.45, 2.75) is 219 Å². The average molecular weight is 793 g/mol. The van der Waals surface area contributed by atoms with E-state index in [-0.39, 0.29) is 19.4 Å². The zero-order valence-electron chi connectivity index (χ0n) is 37.1. The van der Waals surface area contributed by atoms with Crippen LogP contribution in [0.5, 0.6) is 0 Å². The molecule has 0 saturated carbocycles. The van der Waals surface area contributed by atoms with E-state index in [4.69, 9.17) is 9.47 Å². The van der Waals surface area contributed by atoms with Crippen molar-refractivity contribution in [1.82, 2.24) is 0 Å². The Hall–Kier alpha value is -2.92. The molecule has 0 aliphatic heterocycles. The van der Waals surface area contributed by atoms with Crippen LogP contribution in [0.2, 0.25) is 0 Å². The van der Waals surface area contributed by atoms with E-state index in [0.717, 1.165) is 38.5 Å². The third kappa shape index (κ3) is 45.7. The van der Waals surface area contributed by atoms with Gasteiger partial charge in [-0.25, -0.2) is 0 Å². The standard InChI is InChI=1S/C52H88O5/c1-3-5-7-9-11-13-15-17-19-21-23-25-27-28-30-32-34-36-38-40-42-44-46-51(54)56-49-50(48-53)57-52(55)47-45-43-41-39-37-35-33-31-29-26-24-22-20-18-16-14-12-10-8-6-4-2/h25,27,30-33,36-39,42-45,50,53H,3-24,26,28-29,34-35,40-41,46-49H2,1-2H3/t50-/m0/s1. The van der Waals surface area contributed by atoms with E-state index in [9.17, 15) is 14.7 Å². The lowest BCUT2D eigenvalue weighted by molar-refractivity contribution is -0.160. The molecule has 0 amide bonds. The summed E-state index contributed by atoms with van der Waals surface area (Å²) in [5.41, 5.74) is 0. The lowest BCUT2D eigenvalue weighted by Crippen LogP contribution is -2.28. The number of carbonyl (C=O) groups is 2. The van der Waals surface area contributed by atoms with Crippen LogP contribution in [0, 0.1) is 0 Å². The Kier molecular flexibility index (Phi) is 45.0. The summed E-state index contributed by atoms with van der Waals surface area (Å²) >= 11 is 0. The van der Waals surface area contributed by atoms with Crippen molar-refractivity contribution < 1.29 is 24.2 Å². The van der Waals surface area contributed by atoms with Crippen LogP contribution in [0.25, 0.3) is 0 Å². The molecular weight excluding hydrogens is 705 g/mol. The lowest BCUT2D eigenvalue weighted by atomic mass is 10.0. The highest BCUT2D eigenvalue weighted by atomic mass is 16.6. The van der Waals surface area contributed by atoms with Crippen molar-refractivity contribution >= 4 is 11.9 Å². The van der Waals surface area contributed by atoms with Crippen LogP contribution >= 0.6 is 0 Å². The molecule has 5 heteroatoms. The quantitative estimate of drug-likeness (QED) is 0.0379. The highest BCUT2D eigenvalue weighted by molar-refractivity contribution is 5.72. The molecule has 326 valence electrons. The van der Waals surface area contributed by atoms with Gasteiger partial charge in [-0.1, -0.05) is 227 Å². The van der Waals surface area contributed by atoms with E-state index in [1.807, 2.05) is 12.2 Å². The van der Waals surface area contributed by atoms with Crippen molar-refractivity contribution in [3.8, 4) is 0 Å². The van der Waals surface area contributed by atoms with Gasteiger partial charge in [-0.2, -0.15) is 0 Å². The molecule has 0 aliphatic carbocycles. The second kappa shape index (κ2) is 47.5. The normalized spacial score (nSPS) is 13.0. The van der Waals surface area contributed by atoms with E-state index in [1.54, 1.807) is 12.2 Å². The minimum Gasteiger partial charge on any atom is -0.461 e. The molecule has 0 radical (unpaired) electrons. The lowest BCUT2D eigenvalue weighted by Gasteiger charge is -2.14. The topological polar surface area (TPSA) is 72.8 Å². The first-order valence-corrected chi connectivity index (χ1v) is 23.6. The molecule has 0 heterocycles. The van der Waals surface area contributed by atoms with Crippen LogP contribution in [-0.2, 0) is 19.1 Å². The molecule has 1 atom stereocenters. The molecule has 0 aromatic heterocycles. The number of ether oxygens (including phenoxy) is 2. The summed E-state index contributed by atoms with van der Waals surface area (Å²) in [6.07, 6.45) is 65.8. The maximum Gasteiger partial charge on any atom is 0.310 e. The molecule has 5 nitrogen and oxygen atoms in total. The molecule has 0 rings (SSSR count). The van der Waals surface area contributed by atoms with E-state index in [2.05, 4.69) is 74.6 Å². The van der Waals surface area contributed by atoms with Gasteiger partial charge in [0.2, 0.25) is 0 Å². The number of rotatable bonds is 42. The van der Waals surface area contributed by atoms with Gasteiger partial charge in [-0.05, 0) is 57.8 Å². The Morgan fingerprint density at radius 3 is 1.05 bits per heavy atom. The first-order valence-electron chi connectivity index (χ1n) is 23.6. The predicted molar refractivity (Wildman–Crippen MR) is 246 cm³/mol. The summed E-state index contributed by atoms with van der Waals surface area (Å²) in [5, 5.41) is 9.56. The Morgan fingerprint density at radius 2 is 0.702 bits per heavy atom. The summed E-state index contributed by atoms with van der Waals surface area (Å²) in [6, 6.07) is 0. The zero-order valence-corrected chi connectivity index (χ0v) is 37.1. The van der Waals surface area contributed by atoms with Crippen LogP contribution in [0.4, 0.5) is 0 Å². The molecule has 1 N–H and O–H groups in total. The molecule has 0 aromatic rings. The Balaban J connectivity index is 3.75. The van der Waals surface area contributed by atoms with Crippen molar-refractivity contribution in [2.24, 2.45) is 0 Å². The van der Waals surface area contributed by atoms with Gasteiger partial charge in [0.05, 0.1) is 19.4 Å². The fourth-order valence-corrected chi connectivity index (χ4v) is 6.41. The number of aliphatic hydroxyl groups is 1. The van der Waals surface area contributed by atoms with E-state index < -0.39 is 24.6 Å². The molecule has 0 saturated heterocycles. The number of hydrogen-bond acceptors (Lipinski definition) is 5. The third-order valence-electron chi connectivity index (χ3n) is 9.98. The predicted octanol–water partition coefficient (Wildman–Crippen LogP) is 15.5. The van der Waals surface area contributed by atoms with Gasteiger partial charge >= 0.3 is 11.9 Å². The van der Waals surface area contributed by atoms with Gasteiger partial charge in [0.1, 0.15) is 6.61 Å². The maximum atomic E-state index is 12.2. The van der Waals surface area contributed by atoms with Crippen LogP contribution in [0.1, 0.15) is 213 Å². The minimum atomic E-state index is -0.864. The molecule has 0 unspecified atom stereocenters. The Bertz CT molecular complexity index is 1080. The Labute approximate surface area is 352 Å². The molecular formula is C52H88O5. The van der Waals surface area contributed by atoms with Crippen molar-refractivity contribution in [2.75, 3.05) is 13.2 Å². The monoisotopic (exact) mass is 793 g/mol. The third-order valence-corrected chi connectivity index (χ3v) is 9.98. The van der Waals surface area contributed by atoms with E-state index in [1.165, 1.54) is 148 Å². The second-order valence-electron chi connectivity index (χ2n) is 15.5. The van der Waals surface area contributed by atoms with Gasteiger partial charge in [-0.3, -0.25) is 9.59 Å². The van der Waals surface area contributed by atoms with Crippen LogP contribution in [0.3, 0.4) is 0 Å². The fourth-order valence-electron chi connectivity index (χ4n) is 6.41. The summed E-state index contributed by atoms with van der Waals surface area (Å²) in [5.74, 6) is -0.872. The van der Waals surface area contributed by atoms with E-state index in [0.29, 0.717) is 0 Å². The van der Waals surface area contributed by atoms with Crippen LogP contribution < -0.4 is 0 Å². The second-order valence-corrected chi connectivity index (χ2v) is 15.5.